The summed E-state index contributed by atoms with van der Waals surface area (Å²) >= 11 is 11.2. The fourth-order valence-electron chi connectivity index (χ4n) is 1.39. The second-order valence-corrected chi connectivity index (χ2v) is 4.33. The molecule has 0 amide bonds. The van der Waals surface area contributed by atoms with E-state index in [1.54, 1.807) is 12.1 Å². The van der Waals surface area contributed by atoms with E-state index in [4.69, 9.17) is 23.2 Å². The van der Waals surface area contributed by atoms with E-state index in [1.807, 2.05) is 12.1 Å². The van der Waals surface area contributed by atoms with Crippen LogP contribution in [0.5, 0.6) is 0 Å². The Hall–Kier alpha value is -0.530. The molecule has 0 radical (unpaired) electrons. The largest absolute Gasteiger partial charge is 0.300 e. The molecular weight excluding hydrogens is 231 g/mol. The van der Waals surface area contributed by atoms with Gasteiger partial charge in [-0.15, -0.1) is 0 Å². The maximum absolute atomic E-state index is 10.5. The molecule has 1 aromatic carbocycles. The Balaban J connectivity index is 0.000000151. The van der Waals surface area contributed by atoms with Crippen molar-refractivity contribution < 1.29 is 4.79 Å². The molecule has 1 nitrogen and oxygen atoms in total. The summed E-state index contributed by atoms with van der Waals surface area (Å²) in [6.07, 6.45) is 5.24. The molecule has 15 heavy (non-hydrogen) atoms. The molecule has 2 rings (SSSR count). The van der Waals surface area contributed by atoms with Crippen LogP contribution >= 0.6 is 23.2 Å². The molecule has 1 fully saturated rings. The zero-order chi connectivity index (χ0) is 11.1. The summed E-state index contributed by atoms with van der Waals surface area (Å²) in [5.74, 6) is 0.464. The average molecular weight is 245 g/mol. The van der Waals surface area contributed by atoms with E-state index in [0.717, 1.165) is 25.7 Å². The standard InChI is InChI=1S/C6H4Cl2.C6H10O/c7-5-3-1-2-4-6(5)8;7-6-4-2-1-3-5-6/h1-4H;1-5H2. The first kappa shape index (κ1) is 12.5. The van der Waals surface area contributed by atoms with Gasteiger partial charge in [-0.1, -0.05) is 41.8 Å². The van der Waals surface area contributed by atoms with Crippen LogP contribution in [0.3, 0.4) is 0 Å². The number of Topliss-reactive ketones (excluding diaryl/α,β-unsaturated/α-hetero) is 1. The highest BCUT2D eigenvalue weighted by Crippen LogP contribution is 2.19. The topological polar surface area (TPSA) is 17.1 Å². The highest BCUT2D eigenvalue weighted by atomic mass is 35.5. The first-order valence-electron chi connectivity index (χ1n) is 5.12. The summed E-state index contributed by atoms with van der Waals surface area (Å²) in [5.41, 5.74) is 0. The highest BCUT2D eigenvalue weighted by Gasteiger charge is 2.05. The van der Waals surface area contributed by atoms with Gasteiger partial charge in [0, 0.05) is 12.8 Å². The summed E-state index contributed by atoms with van der Waals surface area (Å²) in [4.78, 5) is 10.5. The minimum Gasteiger partial charge on any atom is -0.300 e. The van der Waals surface area contributed by atoms with Crippen LogP contribution < -0.4 is 0 Å². The van der Waals surface area contributed by atoms with Gasteiger partial charge in [0.25, 0.3) is 0 Å². The molecule has 0 saturated heterocycles. The van der Waals surface area contributed by atoms with Crippen molar-refractivity contribution in [3.05, 3.63) is 34.3 Å². The van der Waals surface area contributed by atoms with Crippen LogP contribution in [0.2, 0.25) is 10.0 Å². The Labute approximate surface area is 100 Å². The van der Waals surface area contributed by atoms with Crippen molar-refractivity contribution in [3.8, 4) is 0 Å². The zero-order valence-corrected chi connectivity index (χ0v) is 10.0. The zero-order valence-electron chi connectivity index (χ0n) is 8.51. The van der Waals surface area contributed by atoms with Crippen molar-refractivity contribution in [1.29, 1.82) is 0 Å². The maximum atomic E-state index is 10.5. The monoisotopic (exact) mass is 244 g/mol. The molecule has 0 N–H and O–H groups in total. The van der Waals surface area contributed by atoms with Gasteiger partial charge in [0.05, 0.1) is 10.0 Å². The van der Waals surface area contributed by atoms with E-state index in [0.29, 0.717) is 15.8 Å². The van der Waals surface area contributed by atoms with E-state index in [2.05, 4.69) is 0 Å². The van der Waals surface area contributed by atoms with Crippen LogP contribution in [0, 0.1) is 0 Å². The number of ketones is 1. The lowest BCUT2D eigenvalue weighted by Gasteiger charge is -2.05. The van der Waals surface area contributed by atoms with Crippen LogP contribution in [0.15, 0.2) is 24.3 Å². The maximum Gasteiger partial charge on any atom is 0.132 e. The minimum absolute atomic E-state index is 0.464. The van der Waals surface area contributed by atoms with Gasteiger partial charge < -0.3 is 0 Å². The Morgan fingerprint density at radius 1 is 0.867 bits per heavy atom. The van der Waals surface area contributed by atoms with Crippen LogP contribution in [-0.2, 0) is 4.79 Å². The van der Waals surface area contributed by atoms with E-state index in [-0.39, 0.29) is 0 Å². The third kappa shape index (κ3) is 5.19. The molecule has 0 atom stereocenters. The molecule has 1 aromatic rings. The summed E-state index contributed by atoms with van der Waals surface area (Å²) in [6, 6.07) is 7.19. The number of carbonyl (C=O) groups excluding carboxylic acids is 1. The Morgan fingerprint density at radius 3 is 1.60 bits per heavy atom. The third-order valence-electron chi connectivity index (χ3n) is 2.24. The molecule has 0 aromatic heterocycles. The molecule has 1 aliphatic carbocycles. The molecule has 1 saturated carbocycles. The van der Waals surface area contributed by atoms with Gasteiger partial charge in [0.1, 0.15) is 5.78 Å². The third-order valence-corrected chi connectivity index (χ3v) is 2.99. The first-order chi connectivity index (χ1) is 7.20. The molecule has 0 aliphatic heterocycles. The normalized spacial score (nSPS) is 15.5. The first-order valence-corrected chi connectivity index (χ1v) is 5.87. The van der Waals surface area contributed by atoms with E-state index in [1.165, 1.54) is 6.42 Å². The second kappa shape index (κ2) is 6.86. The molecule has 82 valence electrons. The van der Waals surface area contributed by atoms with Crippen molar-refractivity contribution in [2.75, 3.05) is 0 Å². The number of carbonyl (C=O) groups is 1. The molecule has 0 bridgehead atoms. The van der Waals surface area contributed by atoms with E-state index in [9.17, 15) is 4.79 Å². The molecule has 0 unspecified atom stereocenters. The van der Waals surface area contributed by atoms with Gasteiger partial charge in [-0.3, -0.25) is 4.79 Å². The van der Waals surface area contributed by atoms with Crippen LogP contribution in [-0.4, -0.2) is 5.78 Å². The molecule has 3 heteroatoms. The predicted octanol–water partition coefficient (Wildman–Crippen LogP) is 4.51. The average Bonchev–Trinajstić information content (AvgIpc) is 2.25. The Morgan fingerprint density at radius 2 is 1.33 bits per heavy atom. The van der Waals surface area contributed by atoms with Gasteiger partial charge in [-0.2, -0.15) is 0 Å². The predicted molar refractivity (Wildman–Crippen MR) is 64.6 cm³/mol. The number of hydrogen-bond acceptors (Lipinski definition) is 1. The van der Waals surface area contributed by atoms with Crippen LogP contribution in [0.25, 0.3) is 0 Å². The van der Waals surface area contributed by atoms with E-state index >= 15 is 0 Å². The number of hydrogen-bond donors (Lipinski definition) is 0. The number of halogens is 2. The van der Waals surface area contributed by atoms with Crippen molar-refractivity contribution >= 4 is 29.0 Å². The van der Waals surface area contributed by atoms with Gasteiger partial charge in [-0.05, 0) is 25.0 Å². The summed E-state index contributed by atoms with van der Waals surface area (Å²) < 4.78 is 0. The SMILES string of the molecule is Clc1ccccc1Cl.O=C1CCCCC1. The Bertz CT molecular complexity index is 294. The minimum atomic E-state index is 0.464. The van der Waals surface area contributed by atoms with Gasteiger partial charge in [0.15, 0.2) is 0 Å². The van der Waals surface area contributed by atoms with Crippen molar-refractivity contribution in [2.45, 2.75) is 32.1 Å². The number of benzene rings is 1. The second-order valence-electron chi connectivity index (χ2n) is 3.51. The summed E-state index contributed by atoms with van der Waals surface area (Å²) in [6.45, 7) is 0. The van der Waals surface area contributed by atoms with Crippen LogP contribution in [0.4, 0.5) is 0 Å². The summed E-state index contributed by atoms with van der Waals surface area (Å²) in [7, 11) is 0. The fraction of sp³-hybridized carbons (Fsp3) is 0.417. The highest BCUT2D eigenvalue weighted by molar-refractivity contribution is 6.41. The summed E-state index contributed by atoms with van der Waals surface area (Å²) in [5, 5.41) is 1.21. The lowest BCUT2D eigenvalue weighted by Crippen LogP contribution is -2.02. The van der Waals surface area contributed by atoms with Crippen LogP contribution in [0.1, 0.15) is 32.1 Å². The smallest absolute Gasteiger partial charge is 0.132 e. The van der Waals surface area contributed by atoms with Gasteiger partial charge in [-0.25, -0.2) is 0 Å². The molecular formula is C12H14Cl2O. The lowest BCUT2D eigenvalue weighted by molar-refractivity contribution is -0.120. The van der Waals surface area contributed by atoms with Crippen molar-refractivity contribution in [3.63, 3.8) is 0 Å². The molecule has 0 spiro atoms. The molecule has 1 aliphatic rings. The Kier molecular flexibility index (Phi) is 5.74. The van der Waals surface area contributed by atoms with E-state index < -0.39 is 0 Å². The van der Waals surface area contributed by atoms with Crippen molar-refractivity contribution in [1.82, 2.24) is 0 Å². The van der Waals surface area contributed by atoms with Gasteiger partial charge in [0.2, 0.25) is 0 Å². The van der Waals surface area contributed by atoms with Crippen molar-refractivity contribution in [2.24, 2.45) is 0 Å². The quantitative estimate of drug-likeness (QED) is 0.657. The lowest BCUT2D eigenvalue weighted by atomic mass is 10.00. The number of rotatable bonds is 0. The van der Waals surface area contributed by atoms with Gasteiger partial charge >= 0.3 is 0 Å². The molecule has 0 heterocycles. The fourth-order valence-corrected chi connectivity index (χ4v) is 1.66.